The highest BCUT2D eigenvalue weighted by Gasteiger charge is 2.13. The number of halogens is 1. The van der Waals surface area contributed by atoms with E-state index in [1.54, 1.807) is 0 Å². The van der Waals surface area contributed by atoms with Crippen LogP contribution in [0.2, 0.25) is 0 Å². The zero-order valence-electron chi connectivity index (χ0n) is 14.7. The summed E-state index contributed by atoms with van der Waals surface area (Å²) >= 11 is 0. The fourth-order valence-electron chi connectivity index (χ4n) is 1.72. The molecule has 1 aromatic rings. The lowest BCUT2D eigenvalue weighted by Crippen LogP contribution is -2.43. The Labute approximate surface area is 155 Å². The maximum absolute atomic E-state index is 11.8. The molecule has 1 heterocycles. The van der Waals surface area contributed by atoms with Crippen molar-refractivity contribution < 1.29 is 9.21 Å². The minimum absolute atomic E-state index is 0. The molecular formula is C15H28IN5O2. The molecule has 0 bridgehead atoms. The molecule has 8 heteroatoms. The molecule has 0 aromatic carbocycles. The van der Waals surface area contributed by atoms with E-state index in [9.17, 15) is 4.79 Å². The SMILES string of the molecule is CCNC(=NCC(=O)NC(C)(C)C)NCc1nc(C)c(C)o1.I. The average Bonchev–Trinajstić information content (AvgIpc) is 2.70. The van der Waals surface area contributed by atoms with Gasteiger partial charge in [-0.3, -0.25) is 4.79 Å². The van der Waals surface area contributed by atoms with Gasteiger partial charge in [0.1, 0.15) is 12.3 Å². The lowest BCUT2D eigenvalue weighted by Gasteiger charge is -2.20. The van der Waals surface area contributed by atoms with Gasteiger partial charge >= 0.3 is 0 Å². The smallest absolute Gasteiger partial charge is 0.242 e. The predicted octanol–water partition coefficient (Wildman–Crippen LogP) is 1.88. The summed E-state index contributed by atoms with van der Waals surface area (Å²) in [6.45, 7) is 12.7. The van der Waals surface area contributed by atoms with Crippen LogP contribution in [0.25, 0.3) is 0 Å². The number of aryl methyl sites for hydroxylation is 2. The Hall–Kier alpha value is -1.32. The highest BCUT2D eigenvalue weighted by Crippen LogP contribution is 2.07. The number of aromatic nitrogens is 1. The van der Waals surface area contributed by atoms with Gasteiger partial charge in [-0.15, -0.1) is 24.0 Å². The van der Waals surface area contributed by atoms with Gasteiger partial charge in [0, 0.05) is 12.1 Å². The summed E-state index contributed by atoms with van der Waals surface area (Å²) in [5, 5.41) is 9.05. The zero-order valence-corrected chi connectivity index (χ0v) is 17.1. The van der Waals surface area contributed by atoms with Gasteiger partial charge in [0.2, 0.25) is 11.8 Å². The first-order valence-electron chi connectivity index (χ1n) is 7.47. The molecule has 3 N–H and O–H groups in total. The van der Waals surface area contributed by atoms with Crippen LogP contribution in [-0.4, -0.2) is 35.5 Å². The molecule has 0 aliphatic heterocycles. The van der Waals surface area contributed by atoms with Crippen LogP contribution in [0.1, 0.15) is 45.0 Å². The molecule has 7 nitrogen and oxygen atoms in total. The van der Waals surface area contributed by atoms with Crippen molar-refractivity contribution in [1.82, 2.24) is 20.9 Å². The van der Waals surface area contributed by atoms with Crippen molar-refractivity contribution in [3.05, 3.63) is 17.3 Å². The van der Waals surface area contributed by atoms with Crippen LogP contribution in [0.4, 0.5) is 0 Å². The third kappa shape index (κ3) is 8.77. The summed E-state index contributed by atoms with van der Waals surface area (Å²) in [5.74, 6) is 1.84. The Morgan fingerprint density at radius 1 is 1.26 bits per heavy atom. The molecule has 0 atom stereocenters. The molecule has 1 rings (SSSR count). The summed E-state index contributed by atoms with van der Waals surface area (Å²) in [6.07, 6.45) is 0. The molecule has 0 spiro atoms. The highest BCUT2D eigenvalue weighted by atomic mass is 127. The third-order valence-corrected chi connectivity index (χ3v) is 2.72. The van der Waals surface area contributed by atoms with Crippen molar-refractivity contribution in [3.8, 4) is 0 Å². The monoisotopic (exact) mass is 437 g/mol. The summed E-state index contributed by atoms with van der Waals surface area (Å²) < 4.78 is 5.50. The van der Waals surface area contributed by atoms with Gasteiger partial charge in [0.15, 0.2) is 5.96 Å². The number of hydrogen-bond acceptors (Lipinski definition) is 4. The number of nitrogens with one attached hydrogen (secondary N) is 3. The molecule has 132 valence electrons. The molecule has 0 fully saturated rings. The molecule has 1 amide bonds. The number of carbonyl (C=O) groups is 1. The van der Waals surface area contributed by atoms with Gasteiger partial charge in [-0.05, 0) is 41.5 Å². The maximum Gasteiger partial charge on any atom is 0.242 e. The molecule has 0 unspecified atom stereocenters. The highest BCUT2D eigenvalue weighted by molar-refractivity contribution is 14.0. The van der Waals surface area contributed by atoms with Crippen molar-refractivity contribution >= 4 is 35.8 Å². The van der Waals surface area contributed by atoms with Crippen LogP contribution in [0.5, 0.6) is 0 Å². The van der Waals surface area contributed by atoms with Crippen LogP contribution >= 0.6 is 24.0 Å². The van der Waals surface area contributed by atoms with Crippen molar-refractivity contribution in [3.63, 3.8) is 0 Å². The largest absolute Gasteiger partial charge is 0.444 e. The molecule has 23 heavy (non-hydrogen) atoms. The molecule has 0 radical (unpaired) electrons. The minimum Gasteiger partial charge on any atom is -0.444 e. The van der Waals surface area contributed by atoms with E-state index in [1.807, 2.05) is 41.5 Å². The fourth-order valence-corrected chi connectivity index (χ4v) is 1.72. The number of carbonyl (C=O) groups excluding carboxylic acids is 1. The van der Waals surface area contributed by atoms with Crippen LogP contribution in [0.3, 0.4) is 0 Å². The van der Waals surface area contributed by atoms with Crippen molar-refractivity contribution in [2.75, 3.05) is 13.1 Å². The first-order chi connectivity index (χ1) is 10.2. The first-order valence-corrected chi connectivity index (χ1v) is 7.47. The Balaban J connectivity index is 0.00000484. The second-order valence-electron chi connectivity index (χ2n) is 6.10. The number of oxazole rings is 1. The van der Waals surface area contributed by atoms with Crippen LogP contribution in [0, 0.1) is 13.8 Å². The van der Waals surface area contributed by atoms with E-state index < -0.39 is 0 Å². The standard InChI is InChI=1S/C15H27N5O2.HI/c1-7-16-14(17-8-12(21)20-15(4,5)6)18-9-13-19-10(2)11(3)22-13;/h7-9H2,1-6H3,(H,20,21)(H2,16,17,18);1H. The number of nitrogens with zero attached hydrogens (tertiary/aromatic N) is 2. The van der Waals surface area contributed by atoms with E-state index in [2.05, 4.69) is 25.9 Å². The number of amides is 1. The summed E-state index contributed by atoms with van der Waals surface area (Å²) in [6, 6.07) is 0. The van der Waals surface area contributed by atoms with Crippen LogP contribution in [-0.2, 0) is 11.3 Å². The Kier molecular flexibility index (Phi) is 9.18. The van der Waals surface area contributed by atoms with Crippen molar-refractivity contribution in [2.24, 2.45) is 4.99 Å². The van der Waals surface area contributed by atoms with Crippen molar-refractivity contribution in [1.29, 1.82) is 0 Å². The van der Waals surface area contributed by atoms with Gasteiger partial charge in [0.25, 0.3) is 0 Å². The van der Waals surface area contributed by atoms with Gasteiger partial charge in [-0.1, -0.05) is 0 Å². The second-order valence-corrected chi connectivity index (χ2v) is 6.10. The summed E-state index contributed by atoms with van der Waals surface area (Å²) in [5.41, 5.74) is 0.620. The number of hydrogen-bond donors (Lipinski definition) is 3. The van der Waals surface area contributed by atoms with E-state index >= 15 is 0 Å². The Morgan fingerprint density at radius 3 is 2.39 bits per heavy atom. The van der Waals surface area contributed by atoms with Gasteiger partial charge < -0.3 is 20.4 Å². The van der Waals surface area contributed by atoms with Crippen molar-refractivity contribution in [2.45, 2.75) is 53.6 Å². The fraction of sp³-hybridized carbons (Fsp3) is 0.667. The molecule has 1 aromatic heterocycles. The van der Waals surface area contributed by atoms with E-state index in [0.29, 0.717) is 24.9 Å². The number of guanidine groups is 1. The maximum atomic E-state index is 11.8. The lowest BCUT2D eigenvalue weighted by molar-refractivity contribution is -0.121. The van der Waals surface area contributed by atoms with E-state index in [1.165, 1.54) is 0 Å². The van der Waals surface area contributed by atoms with Gasteiger partial charge in [-0.25, -0.2) is 9.98 Å². The predicted molar refractivity (Wildman–Crippen MR) is 102 cm³/mol. The van der Waals surface area contributed by atoms with Crippen LogP contribution < -0.4 is 16.0 Å². The molecular weight excluding hydrogens is 409 g/mol. The lowest BCUT2D eigenvalue weighted by atomic mass is 10.1. The minimum atomic E-state index is -0.258. The van der Waals surface area contributed by atoms with E-state index in [0.717, 1.165) is 11.5 Å². The first kappa shape index (κ1) is 21.7. The summed E-state index contributed by atoms with van der Waals surface area (Å²) in [7, 11) is 0. The van der Waals surface area contributed by atoms with E-state index in [4.69, 9.17) is 4.42 Å². The molecule has 0 aliphatic carbocycles. The average molecular weight is 437 g/mol. The molecule has 0 saturated carbocycles. The quantitative estimate of drug-likeness (QED) is 0.372. The Bertz CT molecular complexity index is 515. The Morgan fingerprint density at radius 2 is 1.91 bits per heavy atom. The normalized spacial score (nSPS) is 11.7. The van der Waals surface area contributed by atoms with Crippen LogP contribution in [0.15, 0.2) is 9.41 Å². The van der Waals surface area contributed by atoms with Gasteiger partial charge in [-0.2, -0.15) is 0 Å². The zero-order chi connectivity index (χ0) is 16.8. The molecule has 0 aliphatic rings. The number of rotatable bonds is 5. The second kappa shape index (κ2) is 9.74. The van der Waals surface area contributed by atoms with E-state index in [-0.39, 0.29) is 42.0 Å². The topological polar surface area (TPSA) is 91.5 Å². The third-order valence-electron chi connectivity index (χ3n) is 2.72. The summed E-state index contributed by atoms with van der Waals surface area (Å²) in [4.78, 5) is 20.3. The number of aliphatic imine (C=N–C) groups is 1. The van der Waals surface area contributed by atoms with Gasteiger partial charge in [0.05, 0.1) is 12.2 Å². The molecule has 0 saturated heterocycles.